The Hall–Kier alpha value is -0.470. The first kappa shape index (κ1) is 10.6. The molecule has 72 valence electrons. The van der Waals surface area contributed by atoms with E-state index in [0.717, 1.165) is 5.82 Å². The summed E-state index contributed by atoms with van der Waals surface area (Å²) < 4.78 is 1.99. The minimum atomic E-state index is 0.398. The van der Waals surface area contributed by atoms with Gasteiger partial charge in [0.25, 0.3) is 0 Å². The molecule has 0 aliphatic carbocycles. The van der Waals surface area contributed by atoms with Crippen molar-refractivity contribution in [2.75, 3.05) is 0 Å². The van der Waals surface area contributed by atoms with Crippen LogP contribution in [0.4, 0.5) is 0 Å². The van der Waals surface area contributed by atoms with Gasteiger partial charge in [-0.15, -0.1) is 0 Å². The van der Waals surface area contributed by atoms with Crippen molar-refractivity contribution in [1.29, 1.82) is 0 Å². The third-order valence-corrected chi connectivity index (χ3v) is 2.31. The first-order chi connectivity index (χ1) is 6.15. The van der Waals surface area contributed by atoms with Gasteiger partial charge in [0.15, 0.2) is 0 Å². The number of hydrogen-bond donors (Lipinski definition) is 0. The van der Waals surface area contributed by atoms with Gasteiger partial charge < -0.3 is 4.57 Å². The lowest BCUT2D eigenvalue weighted by molar-refractivity contribution is 0.674. The largest absolute Gasteiger partial charge is 0.329 e. The molecule has 0 atom stereocenters. The Morgan fingerprint density at radius 1 is 1.69 bits per heavy atom. The van der Waals surface area contributed by atoms with Gasteiger partial charge in [-0.1, -0.05) is 37.0 Å². The second-order valence-electron chi connectivity index (χ2n) is 3.12. The molecular formula is C9H12Cl2N2. The van der Waals surface area contributed by atoms with E-state index in [2.05, 4.69) is 18.8 Å². The molecule has 1 aromatic heterocycles. The summed E-state index contributed by atoms with van der Waals surface area (Å²) in [6.07, 6.45) is 3.67. The Balaban J connectivity index is 2.82. The van der Waals surface area contributed by atoms with Gasteiger partial charge >= 0.3 is 0 Å². The monoisotopic (exact) mass is 218 g/mol. The van der Waals surface area contributed by atoms with Crippen LogP contribution in [0.2, 0.25) is 0 Å². The smallest absolute Gasteiger partial charge is 0.111 e. The van der Waals surface area contributed by atoms with Crippen molar-refractivity contribution in [3.63, 3.8) is 0 Å². The summed E-state index contributed by atoms with van der Waals surface area (Å²) in [4.78, 5) is 4.24. The summed E-state index contributed by atoms with van der Waals surface area (Å²) in [5.74, 6) is 1.42. The lowest BCUT2D eigenvalue weighted by atomic mass is 10.2. The topological polar surface area (TPSA) is 17.8 Å². The van der Waals surface area contributed by atoms with E-state index >= 15 is 0 Å². The maximum absolute atomic E-state index is 5.81. The first-order valence-electron chi connectivity index (χ1n) is 4.11. The Morgan fingerprint density at radius 3 is 2.92 bits per heavy atom. The number of halogens is 2. The molecule has 0 unspecified atom stereocenters. The molecule has 0 saturated heterocycles. The van der Waals surface area contributed by atoms with Gasteiger partial charge in [-0.2, -0.15) is 0 Å². The number of nitrogens with zero attached hydrogens (tertiary/aromatic N) is 2. The van der Waals surface area contributed by atoms with E-state index in [1.165, 1.54) is 5.54 Å². The van der Waals surface area contributed by atoms with Crippen LogP contribution in [0.25, 0.3) is 0 Å². The van der Waals surface area contributed by atoms with Gasteiger partial charge in [-0.05, 0) is 0 Å². The molecule has 0 aliphatic rings. The van der Waals surface area contributed by atoms with Crippen LogP contribution >= 0.6 is 23.2 Å². The number of allylic oxidation sites excluding steroid dienone is 1. The molecule has 0 aliphatic heterocycles. The van der Waals surface area contributed by atoms with Gasteiger partial charge in [0, 0.05) is 28.9 Å². The molecule has 0 amide bonds. The predicted octanol–water partition coefficient (Wildman–Crippen LogP) is 3.33. The van der Waals surface area contributed by atoms with Crippen molar-refractivity contribution in [2.24, 2.45) is 0 Å². The minimum absolute atomic E-state index is 0.398. The van der Waals surface area contributed by atoms with Crippen molar-refractivity contribution >= 4 is 23.2 Å². The number of aromatic nitrogens is 2. The zero-order valence-corrected chi connectivity index (χ0v) is 9.18. The van der Waals surface area contributed by atoms with Crippen LogP contribution in [0.3, 0.4) is 0 Å². The minimum Gasteiger partial charge on any atom is -0.329 e. The Labute approximate surface area is 88.2 Å². The second kappa shape index (κ2) is 4.68. The standard InChI is InChI=1S/C9H12Cl2N2/c1-7(2)9-12-3-4-13(9)6-8(11)5-10/h3-5,7H,6H2,1-2H3. The van der Waals surface area contributed by atoms with E-state index in [1.807, 2.05) is 10.8 Å². The number of rotatable bonds is 3. The summed E-state index contributed by atoms with van der Waals surface area (Å²) in [6.45, 7) is 4.78. The van der Waals surface area contributed by atoms with Crippen LogP contribution in [0, 0.1) is 0 Å². The molecule has 0 aromatic carbocycles. The zero-order chi connectivity index (χ0) is 9.84. The predicted molar refractivity (Wildman–Crippen MR) is 56.1 cm³/mol. The Kier molecular flexibility index (Phi) is 3.82. The number of imidazole rings is 1. The average Bonchev–Trinajstić information content (AvgIpc) is 2.52. The van der Waals surface area contributed by atoms with E-state index in [1.54, 1.807) is 6.20 Å². The summed E-state index contributed by atoms with van der Waals surface area (Å²) in [7, 11) is 0. The van der Waals surface area contributed by atoms with E-state index in [0.29, 0.717) is 17.5 Å². The fraction of sp³-hybridized carbons (Fsp3) is 0.444. The van der Waals surface area contributed by atoms with Crippen LogP contribution in [0.1, 0.15) is 25.6 Å². The van der Waals surface area contributed by atoms with Crippen molar-refractivity contribution in [2.45, 2.75) is 26.3 Å². The Morgan fingerprint density at radius 2 is 2.38 bits per heavy atom. The van der Waals surface area contributed by atoms with Gasteiger partial charge in [0.05, 0.1) is 6.54 Å². The van der Waals surface area contributed by atoms with E-state index < -0.39 is 0 Å². The van der Waals surface area contributed by atoms with E-state index in [-0.39, 0.29) is 0 Å². The fourth-order valence-corrected chi connectivity index (χ4v) is 1.35. The molecular weight excluding hydrogens is 207 g/mol. The van der Waals surface area contributed by atoms with Gasteiger partial charge in [0.1, 0.15) is 5.82 Å². The molecule has 1 aromatic rings. The van der Waals surface area contributed by atoms with Crippen molar-refractivity contribution in [3.8, 4) is 0 Å². The maximum Gasteiger partial charge on any atom is 0.111 e. The molecule has 0 radical (unpaired) electrons. The SMILES string of the molecule is CC(C)c1nccn1CC(Cl)=CCl. The van der Waals surface area contributed by atoms with Crippen LogP contribution in [-0.2, 0) is 6.54 Å². The lowest BCUT2D eigenvalue weighted by Crippen LogP contribution is -2.04. The summed E-state index contributed by atoms with van der Waals surface area (Å²) >= 11 is 11.3. The molecule has 1 rings (SSSR count). The highest BCUT2D eigenvalue weighted by molar-refractivity contribution is 6.36. The quantitative estimate of drug-likeness (QED) is 0.762. The molecule has 0 spiro atoms. The van der Waals surface area contributed by atoms with Crippen LogP contribution in [0.15, 0.2) is 23.0 Å². The zero-order valence-electron chi connectivity index (χ0n) is 7.67. The fourth-order valence-electron chi connectivity index (χ4n) is 1.15. The molecule has 2 nitrogen and oxygen atoms in total. The molecule has 0 fully saturated rings. The highest BCUT2D eigenvalue weighted by Crippen LogP contribution is 2.15. The molecule has 1 heterocycles. The van der Waals surface area contributed by atoms with E-state index in [9.17, 15) is 0 Å². The third-order valence-electron chi connectivity index (χ3n) is 1.70. The van der Waals surface area contributed by atoms with Crippen molar-refractivity contribution in [1.82, 2.24) is 9.55 Å². The lowest BCUT2D eigenvalue weighted by Gasteiger charge is -2.08. The maximum atomic E-state index is 5.81. The van der Waals surface area contributed by atoms with Gasteiger partial charge in [-0.3, -0.25) is 0 Å². The van der Waals surface area contributed by atoms with Crippen LogP contribution in [0.5, 0.6) is 0 Å². The van der Waals surface area contributed by atoms with E-state index in [4.69, 9.17) is 23.2 Å². The summed E-state index contributed by atoms with van der Waals surface area (Å²) in [6, 6.07) is 0. The Bertz CT molecular complexity index is 302. The highest BCUT2D eigenvalue weighted by atomic mass is 35.5. The van der Waals surface area contributed by atoms with Gasteiger partial charge in [0.2, 0.25) is 0 Å². The molecule has 0 N–H and O–H groups in total. The second-order valence-corrected chi connectivity index (χ2v) is 3.83. The first-order valence-corrected chi connectivity index (χ1v) is 4.92. The molecule has 13 heavy (non-hydrogen) atoms. The molecule has 4 heteroatoms. The average molecular weight is 219 g/mol. The molecule has 0 saturated carbocycles. The van der Waals surface area contributed by atoms with Crippen molar-refractivity contribution in [3.05, 3.63) is 28.8 Å². The summed E-state index contributed by atoms with van der Waals surface area (Å²) in [5.41, 5.74) is 1.38. The normalized spacial score (nSPS) is 12.5. The summed E-state index contributed by atoms with van der Waals surface area (Å²) in [5, 5.41) is 0.613. The highest BCUT2D eigenvalue weighted by Gasteiger charge is 2.07. The van der Waals surface area contributed by atoms with Crippen LogP contribution in [-0.4, -0.2) is 9.55 Å². The molecule has 0 bridgehead atoms. The van der Waals surface area contributed by atoms with Crippen LogP contribution < -0.4 is 0 Å². The van der Waals surface area contributed by atoms with Crippen molar-refractivity contribution < 1.29 is 0 Å². The third kappa shape index (κ3) is 2.75. The number of hydrogen-bond acceptors (Lipinski definition) is 1. The van der Waals surface area contributed by atoms with Gasteiger partial charge in [-0.25, -0.2) is 4.98 Å².